The summed E-state index contributed by atoms with van der Waals surface area (Å²) in [6.07, 6.45) is 4.53. The van der Waals surface area contributed by atoms with Gasteiger partial charge in [-0.3, -0.25) is 4.90 Å². The Labute approximate surface area is 182 Å². The first kappa shape index (κ1) is 18.5. The van der Waals surface area contributed by atoms with E-state index in [4.69, 9.17) is 14.2 Å². The first-order valence-corrected chi connectivity index (χ1v) is 11.0. The largest absolute Gasteiger partial charge is 0.492 e. The maximum absolute atomic E-state index is 6.08. The Bertz CT molecular complexity index is 1170. The van der Waals surface area contributed by atoms with Crippen LogP contribution in [0.2, 0.25) is 0 Å². The highest BCUT2D eigenvalue weighted by molar-refractivity contribution is 5.84. The van der Waals surface area contributed by atoms with E-state index in [0.29, 0.717) is 13.4 Å². The lowest BCUT2D eigenvalue weighted by Crippen LogP contribution is -2.25. The van der Waals surface area contributed by atoms with Crippen LogP contribution < -0.4 is 14.2 Å². The van der Waals surface area contributed by atoms with Gasteiger partial charge in [-0.25, -0.2) is 0 Å². The molecule has 4 heteroatoms. The SMILES string of the molecule is C1=C(c2ccc3c(c2)CN(Cc2ccc4c(c2)OCO4)CCO3)CCc2ccccc21. The van der Waals surface area contributed by atoms with Crippen LogP contribution in [0.3, 0.4) is 0 Å². The van der Waals surface area contributed by atoms with Gasteiger partial charge in [-0.1, -0.05) is 42.5 Å². The fourth-order valence-electron chi connectivity index (χ4n) is 4.74. The van der Waals surface area contributed by atoms with Crippen LogP contribution in [-0.2, 0) is 19.5 Å². The van der Waals surface area contributed by atoms with E-state index in [2.05, 4.69) is 65.6 Å². The van der Waals surface area contributed by atoms with Crippen LogP contribution in [0.4, 0.5) is 0 Å². The Hall–Kier alpha value is -3.24. The van der Waals surface area contributed by atoms with Crippen LogP contribution in [0.5, 0.6) is 17.2 Å². The zero-order valence-electron chi connectivity index (χ0n) is 17.5. The number of aryl methyl sites for hydroxylation is 1. The molecule has 3 aromatic rings. The van der Waals surface area contributed by atoms with Gasteiger partial charge < -0.3 is 14.2 Å². The van der Waals surface area contributed by atoms with Gasteiger partial charge in [0.2, 0.25) is 6.79 Å². The van der Waals surface area contributed by atoms with Crippen LogP contribution in [0.15, 0.2) is 60.7 Å². The monoisotopic (exact) mass is 411 g/mol. The zero-order valence-corrected chi connectivity index (χ0v) is 17.5. The second-order valence-electron chi connectivity index (χ2n) is 8.44. The molecule has 3 aromatic carbocycles. The summed E-state index contributed by atoms with van der Waals surface area (Å²) in [5.41, 5.74) is 8.00. The van der Waals surface area contributed by atoms with Gasteiger partial charge in [-0.15, -0.1) is 0 Å². The van der Waals surface area contributed by atoms with E-state index in [9.17, 15) is 0 Å². The number of benzene rings is 3. The quantitative estimate of drug-likeness (QED) is 0.585. The standard InChI is InChI=1S/C27H25NO3/c1-2-4-21-14-22(7-6-20(21)3-1)23-8-10-25-24(15-23)17-28(11-12-29-25)16-19-5-9-26-27(13-19)31-18-30-26/h1-5,8-10,13-15H,6-7,11-12,16-18H2. The topological polar surface area (TPSA) is 30.9 Å². The Morgan fingerprint density at radius 1 is 0.774 bits per heavy atom. The number of allylic oxidation sites excluding steroid dienone is 1. The van der Waals surface area contributed by atoms with E-state index in [1.54, 1.807) is 0 Å². The molecular formula is C27H25NO3. The van der Waals surface area contributed by atoms with Gasteiger partial charge in [0.1, 0.15) is 12.4 Å². The molecule has 2 aliphatic heterocycles. The van der Waals surface area contributed by atoms with Crippen molar-refractivity contribution >= 4 is 11.6 Å². The van der Waals surface area contributed by atoms with Gasteiger partial charge in [0, 0.05) is 25.2 Å². The Balaban J connectivity index is 1.25. The van der Waals surface area contributed by atoms with E-state index < -0.39 is 0 Å². The van der Waals surface area contributed by atoms with Crippen molar-refractivity contribution in [3.05, 3.63) is 88.5 Å². The lowest BCUT2D eigenvalue weighted by molar-refractivity contribution is 0.174. The van der Waals surface area contributed by atoms with Crippen LogP contribution in [-0.4, -0.2) is 24.8 Å². The maximum Gasteiger partial charge on any atom is 0.231 e. The summed E-state index contributed by atoms with van der Waals surface area (Å²) in [5, 5.41) is 0. The molecule has 6 rings (SSSR count). The molecule has 0 spiro atoms. The first-order chi connectivity index (χ1) is 15.3. The molecule has 0 saturated carbocycles. The van der Waals surface area contributed by atoms with Crippen molar-refractivity contribution < 1.29 is 14.2 Å². The minimum Gasteiger partial charge on any atom is -0.492 e. The summed E-state index contributed by atoms with van der Waals surface area (Å²) in [5.74, 6) is 2.68. The van der Waals surface area contributed by atoms with E-state index in [-0.39, 0.29) is 0 Å². The Kier molecular flexibility index (Phi) is 4.65. The molecule has 0 amide bonds. The van der Waals surface area contributed by atoms with Gasteiger partial charge >= 0.3 is 0 Å². The van der Waals surface area contributed by atoms with Crippen molar-refractivity contribution in [2.24, 2.45) is 0 Å². The number of hydrogen-bond acceptors (Lipinski definition) is 4. The molecule has 4 nitrogen and oxygen atoms in total. The molecule has 0 saturated heterocycles. The van der Waals surface area contributed by atoms with Crippen molar-refractivity contribution in [3.8, 4) is 17.2 Å². The predicted octanol–water partition coefficient (Wildman–Crippen LogP) is 5.30. The van der Waals surface area contributed by atoms with E-state index in [1.807, 2.05) is 6.07 Å². The highest BCUT2D eigenvalue weighted by atomic mass is 16.7. The Morgan fingerprint density at radius 2 is 1.68 bits per heavy atom. The van der Waals surface area contributed by atoms with Crippen molar-refractivity contribution in [2.75, 3.05) is 19.9 Å². The summed E-state index contributed by atoms with van der Waals surface area (Å²) in [6, 6.07) is 21.6. The number of nitrogens with zero attached hydrogens (tertiary/aromatic N) is 1. The minimum atomic E-state index is 0.312. The van der Waals surface area contributed by atoms with Crippen molar-refractivity contribution in [1.29, 1.82) is 0 Å². The molecule has 1 aliphatic carbocycles. The number of ether oxygens (including phenoxy) is 3. The molecule has 0 bridgehead atoms. The normalized spacial score (nSPS) is 17.2. The van der Waals surface area contributed by atoms with Gasteiger partial charge in [0.25, 0.3) is 0 Å². The van der Waals surface area contributed by atoms with Crippen LogP contribution >= 0.6 is 0 Å². The van der Waals surface area contributed by atoms with E-state index >= 15 is 0 Å². The second kappa shape index (κ2) is 7.78. The summed E-state index contributed by atoms with van der Waals surface area (Å²) < 4.78 is 17.1. The fourth-order valence-corrected chi connectivity index (χ4v) is 4.74. The molecule has 0 atom stereocenters. The average molecular weight is 412 g/mol. The lowest BCUT2D eigenvalue weighted by atomic mass is 9.88. The van der Waals surface area contributed by atoms with E-state index in [0.717, 1.165) is 49.7 Å². The van der Waals surface area contributed by atoms with Gasteiger partial charge in [-0.2, -0.15) is 0 Å². The molecule has 0 unspecified atom stereocenters. The van der Waals surface area contributed by atoms with E-state index in [1.165, 1.54) is 33.4 Å². The first-order valence-electron chi connectivity index (χ1n) is 11.0. The van der Waals surface area contributed by atoms with Crippen LogP contribution in [0.25, 0.3) is 11.6 Å². The third-order valence-corrected chi connectivity index (χ3v) is 6.38. The molecule has 2 heterocycles. The number of hydrogen-bond donors (Lipinski definition) is 0. The zero-order chi connectivity index (χ0) is 20.6. The lowest BCUT2D eigenvalue weighted by Gasteiger charge is -2.20. The molecule has 156 valence electrons. The smallest absolute Gasteiger partial charge is 0.231 e. The average Bonchev–Trinajstić information content (AvgIpc) is 3.18. The number of rotatable bonds is 3. The Morgan fingerprint density at radius 3 is 2.68 bits per heavy atom. The minimum absolute atomic E-state index is 0.312. The van der Waals surface area contributed by atoms with Gasteiger partial charge in [0.15, 0.2) is 11.5 Å². The molecule has 3 aliphatic rings. The third-order valence-electron chi connectivity index (χ3n) is 6.38. The molecule has 0 aromatic heterocycles. The summed E-state index contributed by atoms with van der Waals surface area (Å²) >= 11 is 0. The van der Waals surface area contributed by atoms with Crippen LogP contribution in [0.1, 0.15) is 34.2 Å². The molecule has 0 fully saturated rings. The maximum atomic E-state index is 6.08. The highest BCUT2D eigenvalue weighted by Gasteiger charge is 2.20. The molecule has 0 radical (unpaired) electrons. The second-order valence-corrected chi connectivity index (χ2v) is 8.44. The highest BCUT2D eigenvalue weighted by Crippen LogP contribution is 2.35. The summed E-state index contributed by atoms with van der Waals surface area (Å²) in [6.45, 7) is 3.65. The van der Waals surface area contributed by atoms with Crippen LogP contribution in [0, 0.1) is 0 Å². The van der Waals surface area contributed by atoms with Gasteiger partial charge in [0.05, 0.1) is 0 Å². The molecular weight excluding hydrogens is 386 g/mol. The molecule has 0 N–H and O–H groups in total. The van der Waals surface area contributed by atoms with Gasteiger partial charge in [-0.05, 0) is 64.9 Å². The number of fused-ring (bicyclic) bond motifs is 3. The predicted molar refractivity (Wildman–Crippen MR) is 121 cm³/mol. The van der Waals surface area contributed by atoms with Crippen molar-refractivity contribution in [3.63, 3.8) is 0 Å². The molecule has 31 heavy (non-hydrogen) atoms. The third kappa shape index (κ3) is 3.68. The summed E-state index contributed by atoms with van der Waals surface area (Å²) in [4.78, 5) is 2.44. The fraction of sp³-hybridized carbons (Fsp3) is 0.259. The summed E-state index contributed by atoms with van der Waals surface area (Å²) in [7, 11) is 0. The van der Waals surface area contributed by atoms with Crippen molar-refractivity contribution in [1.82, 2.24) is 4.90 Å². The van der Waals surface area contributed by atoms with Crippen molar-refractivity contribution in [2.45, 2.75) is 25.9 Å².